The van der Waals surface area contributed by atoms with Gasteiger partial charge in [0.1, 0.15) is 19.0 Å². The van der Waals surface area contributed by atoms with Crippen LogP contribution in [0.4, 0.5) is 0 Å². The molecule has 1 rings (SSSR count). The van der Waals surface area contributed by atoms with Crippen LogP contribution >= 0.6 is 0 Å². The molecule has 0 spiro atoms. The van der Waals surface area contributed by atoms with Crippen LogP contribution < -0.4 is 9.47 Å². The van der Waals surface area contributed by atoms with E-state index in [1.54, 1.807) is 20.1 Å². The Bertz CT molecular complexity index is 493. The van der Waals surface area contributed by atoms with Crippen LogP contribution in [0.2, 0.25) is 0 Å². The maximum absolute atomic E-state index is 9.80. The van der Waals surface area contributed by atoms with Crippen molar-refractivity contribution in [2.45, 2.75) is 13.3 Å². The molecule has 0 aromatic heterocycles. The molecule has 0 fully saturated rings. The Balaban J connectivity index is 2.72. The van der Waals surface area contributed by atoms with Crippen molar-refractivity contribution < 1.29 is 24.4 Å². The van der Waals surface area contributed by atoms with Crippen molar-refractivity contribution in [3.05, 3.63) is 47.9 Å². The molecule has 0 aliphatic rings. The molecule has 0 atom stereocenters. The molecular formula is C16H22O5. The van der Waals surface area contributed by atoms with Gasteiger partial charge in [0.2, 0.25) is 0 Å². The first-order valence-corrected chi connectivity index (χ1v) is 6.65. The molecule has 5 nitrogen and oxygen atoms in total. The highest BCUT2D eigenvalue weighted by Crippen LogP contribution is 2.28. The SMILES string of the molecule is C=CCc1ccc(OC/C(O)=C(\C)OCCO)c(OC)c1. The second-order valence-electron chi connectivity index (χ2n) is 4.34. The predicted octanol–water partition coefficient (Wildman–Crippen LogP) is 2.60. The first-order chi connectivity index (χ1) is 10.1. The Hall–Kier alpha value is -2.14. The van der Waals surface area contributed by atoms with E-state index in [4.69, 9.17) is 19.3 Å². The van der Waals surface area contributed by atoms with Crippen molar-refractivity contribution in [1.29, 1.82) is 0 Å². The van der Waals surface area contributed by atoms with Crippen molar-refractivity contribution in [2.24, 2.45) is 0 Å². The Morgan fingerprint density at radius 1 is 1.33 bits per heavy atom. The summed E-state index contributed by atoms with van der Waals surface area (Å²) in [5, 5.41) is 18.5. The van der Waals surface area contributed by atoms with Crippen molar-refractivity contribution in [1.82, 2.24) is 0 Å². The van der Waals surface area contributed by atoms with E-state index in [2.05, 4.69) is 6.58 Å². The number of aliphatic hydroxyl groups is 2. The zero-order valence-corrected chi connectivity index (χ0v) is 12.5. The molecule has 21 heavy (non-hydrogen) atoms. The second kappa shape index (κ2) is 8.92. The minimum absolute atomic E-state index is 0.0272. The molecule has 0 unspecified atom stereocenters. The summed E-state index contributed by atoms with van der Waals surface area (Å²) in [7, 11) is 1.56. The van der Waals surface area contributed by atoms with Crippen LogP contribution in [0.3, 0.4) is 0 Å². The third kappa shape index (κ3) is 5.39. The molecule has 0 bridgehead atoms. The van der Waals surface area contributed by atoms with Crippen molar-refractivity contribution >= 4 is 0 Å². The topological polar surface area (TPSA) is 68.2 Å². The summed E-state index contributed by atoms with van der Waals surface area (Å²) in [6.45, 7) is 5.30. The third-order valence-electron chi connectivity index (χ3n) is 2.79. The minimum atomic E-state index is -0.107. The molecule has 0 amide bonds. The highest BCUT2D eigenvalue weighted by atomic mass is 16.5. The summed E-state index contributed by atoms with van der Waals surface area (Å²) in [5.74, 6) is 1.43. The molecule has 0 radical (unpaired) electrons. The number of hydrogen-bond donors (Lipinski definition) is 2. The quantitative estimate of drug-likeness (QED) is 0.541. The monoisotopic (exact) mass is 294 g/mol. The van der Waals surface area contributed by atoms with Gasteiger partial charge in [-0.15, -0.1) is 6.58 Å². The largest absolute Gasteiger partial charge is 0.506 e. The van der Waals surface area contributed by atoms with Gasteiger partial charge in [-0.2, -0.15) is 0 Å². The second-order valence-corrected chi connectivity index (χ2v) is 4.34. The van der Waals surface area contributed by atoms with Crippen LogP contribution in [-0.2, 0) is 11.2 Å². The highest BCUT2D eigenvalue weighted by Gasteiger charge is 2.08. The Morgan fingerprint density at radius 3 is 2.71 bits per heavy atom. The van der Waals surface area contributed by atoms with Gasteiger partial charge < -0.3 is 24.4 Å². The summed E-state index contributed by atoms with van der Waals surface area (Å²) in [6.07, 6.45) is 2.56. The van der Waals surface area contributed by atoms with Crippen LogP contribution in [0, 0.1) is 0 Å². The van der Waals surface area contributed by atoms with Gasteiger partial charge in [0.15, 0.2) is 17.3 Å². The van der Waals surface area contributed by atoms with E-state index >= 15 is 0 Å². The van der Waals surface area contributed by atoms with Crippen LogP contribution in [0.15, 0.2) is 42.4 Å². The van der Waals surface area contributed by atoms with E-state index in [-0.39, 0.29) is 25.6 Å². The van der Waals surface area contributed by atoms with Crippen molar-refractivity contribution in [2.75, 3.05) is 26.9 Å². The van der Waals surface area contributed by atoms with Gasteiger partial charge in [0.05, 0.1) is 13.7 Å². The fraction of sp³-hybridized carbons (Fsp3) is 0.375. The lowest BCUT2D eigenvalue weighted by Gasteiger charge is -2.13. The summed E-state index contributed by atoms with van der Waals surface area (Å²) < 4.78 is 15.9. The standard InChI is InChI=1S/C16H22O5/c1-4-5-13-6-7-15(16(10-13)19-3)21-11-14(18)12(2)20-9-8-17/h4,6-7,10,17-18H,1,5,8-9,11H2,2-3H3/b14-12-. The minimum Gasteiger partial charge on any atom is -0.506 e. The van der Waals surface area contributed by atoms with E-state index < -0.39 is 0 Å². The third-order valence-corrected chi connectivity index (χ3v) is 2.79. The van der Waals surface area contributed by atoms with Crippen LogP contribution in [0.5, 0.6) is 11.5 Å². The van der Waals surface area contributed by atoms with Gasteiger partial charge >= 0.3 is 0 Å². The maximum atomic E-state index is 9.80. The maximum Gasteiger partial charge on any atom is 0.167 e. The van der Waals surface area contributed by atoms with Crippen molar-refractivity contribution in [3.63, 3.8) is 0 Å². The number of aliphatic hydroxyl groups excluding tert-OH is 2. The molecule has 5 heteroatoms. The lowest BCUT2D eigenvalue weighted by molar-refractivity contribution is 0.129. The van der Waals surface area contributed by atoms with Crippen LogP contribution in [0.1, 0.15) is 12.5 Å². The summed E-state index contributed by atoms with van der Waals surface area (Å²) in [4.78, 5) is 0. The average Bonchev–Trinajstić information content (AvgIpc) is 2.51. The molecule has 0 saturated carbocycles. The molecule has 0 heterocycles. The number of ether oxygens (including phenoxy) is 3. The number of benzene rings is 1. The molecule has 0 saturated heterocycles. The normalized spacial score (nSPS) is 11.6. The number of hydrogen-bond acceptors (Lipinski definition) is 5. The fourth-order valence-corrected chi connectivity index (χ4v) is 1.65. The number of rotatable bonds is 9. The van der Waals surface area contributed by atoms with Crippen LogP contribution in [-0.4, -0.2) is 37.1 Å². The zero-order chi connectivity index (χ0) is 15.7. The zero-order valence-electron chi connectivity index (χ0n) is 12.5. The molecular weight excluding hydrogens is 272 g/mol. The van der Waals surface area contributed by atoms with E-state index in [1.165, 1.54) is 0 Å². The van der Waals surface area contributed by atoms with E-state index in [1.807, 2.05) is 18.2 Å². The molecule has 1 aromatic carbocycles. The highest BCUT2D eigenvalue weighted by molar-refractivity contribution is 5.43. The smallest absolute Gasteiger partial charge is 0.167 e. The van der Waals surface area contributed by atoms with Gasteiger partial charge in [-0.1, -0.05) is 12.1 Å². The average molecular weight is 294 g/mol. The summed E-state index contributed by atoms with van der Waals surface area (Å²) >= 11 is 0. The molecule has 2 N–H and O–H groups in total. The lowest BCUT2D eigenvalue weighted by Crippen LogP contribution is -2.07. The molecule has 1 aromatic rings. The molecule has 0 aliphatic heterocycles. The first-order valence-electron chi connectivity index (χ1n) is 6.65. The van der Waals surface area contributed by atoms with Gasteiger partial charge in [-0.25, -0.2) is 0 Å². The van der Waals surface area contributed by atoms with Crippen LogP contribution in [0.25, 0.3) is 0 Å². The number of methoxy groups -OCH3 is 1. The lowest BCUT2D eigenvalue weighted by atomic mass is 10.1. The van der Waals surface area contributed by atoms with Crippen molar-refractivity contribution in [3.8, 4) is 11.5 Å². The van der Waals surface area contributed by atoms with Gasteiger partial charge in [-0.05, 0) is 31.0 Å². The summed E-state index contributed by atoms with van der Waals surface area (Å²) in [6, 6.07) is 5.57. The molecule has 0 aliphatic carbocycles. The summed E-state index contributed by atoms with van der Waals surface area (Å²) in [5.41, 5.74) is 1.07. The Morgan fingerprint density at radius 2 is 2.10 bits per heavy atom. The van der Waals surface area contributed by atoms with Gasteiger partial charge in [0, 0.05) is 0 Å². The molecule has 116 valence electrons. The van der Waals surface area contributed by atoms with E-state index in [0.29, 0.717) is 17.3 Å². The Kier molecular flexibility index (Phi) is 7.18. The van der Waals surface area contributed by atoms with Gasteiger partial charge in [-0.3, -0.25) is 0 Å². The fourth-order valence-electron chi connectivity index (χ4n) is 1.65. The predicted molar refractivity (Wildman–Crippen MR) is 80.8 cm³/mol. The first kappa shape index (κ1) is 16.9. The van der Waals surface area contributed by atoms with E-state index in [9.17, 15) is 5.11 Å². The van der Waals surface area contributed by atoms with E-state index in [0.717, 1.165) is 12.0 Å². The van der Waals surface area contributed by atoms with Gasteiger partial charge in [0.25, 0.3) is 0 Å². The Labute approximate surface area is 125 Å². The number of allylic oxidation sites excluding steroid dienone is 2.